The maximum absolute atomic E-state index is 4.60. The minimum atomic E-state index is 0.513. The summed E-state index contributed by atoms with van der Waals surface area (Å²) >= 11 is 0. The van der Waals surface area contributed by atoms with Crippen molar-refractivity contribution in [1.29, 1.82) is 0 Å². The highest BCUT2D eigenvalue weighted by Crippen LogP contribution is 2.26. The van der Waals surface area contributed by atoms with E-state index in [1.54, 1.807) is 0 Å². The molecule has 4 nitrogen and oxygen atoms in total. The zero-order chi connectivity index (χ0) is 13.1. The molecule has 1 aromatic rings. The minimum Gasteiger partial charge on any atom is -0.357 e. The fourth-order valence-corrected chi connectivity index (χ4v) is 2.70. The third-order valence-corrected chi connectivity index (χ3v) is 3.66. The summed E-state index contributed by atoms with van der Waals surface area (Å²) in [5.41, 5.74) is 2.53. The molecule has 1 aliphatic rings. The molecule has 0 spiro atoms. The summed E-state index contributed by atoms with van der Waals surface area (Å²) in [4.78, 5) is 2.50. The molecule has 2 rings (SSSR count). The smallest absolute Gasteiger partial charge is 0.131 e. The van der Waals surface area contributed by atoms with Gasteiger partial charge in [0, 0.05) is 38.3 Å². The second kappa shape index (κ2) is 5.74. The Kier molecular flexibility index (Phi) is 4.27. The molecule has 2 heterocycles. The summed E-state index contributed by atoms with van der Waals surface area (Å²) in [6.07, 6.45) is 3.98. The van der Waals surface area contributed by atoms with Gasteiger partial charge in [-0.2, -0.15) is 5.10 Å². The Bertz CT molecular complexity index is 389. The first-order valence-electron chi connectivity index (χ1n) is 7.10. The number of aryl methyl sites for hydroxylation is 2. The van der Waals surface area contributed by atoms with Crippen LogP contribution < -0.4 is 10.2 Å². The van der Waals surface area contributed by atoms with Gasteiger partial charge >= 0.3 is 0 Å². The highest BCUT2D eigenvalue weighted by molar-refractivity contribution is 5.50. The van der Waals surface area contributed by atoms with E-state index in [-0.39, 0.29) is 0 Å². The zero-order valence-electron chi connectivity index (χ0n) is 12.2. The maximum atomic E-state index is 4.60. The van der Waals surface area contributed by atoms with Gasteiger partial charge in [-0.05, 0) is 26.2 Å². The van der Waals surface area contributed by atoms with Crippen LogP contribution in [0, 0.1) is 6.92 Å². The van der Waals surface area contributed by atoms with Gasteiger partial charge in [-0.25, -0.2) is 0 Å². The Balaban J connectivity index is 2.21. The highest BCUT2D eigenvalue weighted by Gasteiger charge is 2.20. The SMILES string of the molecule is Cc1nn(C)c(N2CCCCC2)c1CNC(C)C. The number of hydrogen-bond donors (Lipinski definition) is 1. The lowest BCUT2D eigenvalue weighted by Crippen LogP contribution is -2.32. The van der Waals surface area contributed by atoms with Crippen molar-refractivity contribution in [3.05, 3.63) is 11.3 Å². The number of nitrogens with zero attached hydrogens (tertiary/aromatic N) is 3. The molecule has 0 aromatic carbocycles. The molecule has 0 atom stereocenters. The molecule has 1 fully saturated rings. The lowest BCUT2D eigenvalue weighted by molar-refractivity contribution is 0.553. The van der Waals surface area contributed by atoms with E-state index in [2.05, 4.69) is 47.8 Å². The summed E-state index contributed by atoms with van der Waals surface area (Å²) < 4.78 is 2.05. The van der Waals surface area contributed by atoms with Crippen LogP contribution in [0.3, 0.4) is 0 Å². The number of anilines is 1. The van der Waals surface area contributed by atoms with Gasteiger partial charge in [0.15, 0.2) is 0 Å². The monoisotopic (exact) mass is 250 g/mol. The molecule has 102 valence electrons. The molecular formula is C14H26N4. The van der Waals surface area contributed by atoms with Crippen LogP contribution in [0.2, 0.25) is 0 Å². The third kappa shape index (κ3) is 2.86. The molecule has 0 saturated carbocycles. The van der Waals surface area contributed by atoms with Crippen molar-refractivity contribution in [2.24, 2.45) is 7.05 Å². The van der Waals surface area contributed by atoms with E-state index < -0.39 is 0 Å². The van der Waals surface area contributed by atoms with Crippen LogP contribution >= 0.6 is 0 Å². The molecule has 0 aliphatic carbocycles. The number of nitrogens with one attached hydrogen (secondary N) is 1. The number of hydrogen-bond acceptors (Lipinski definition) is 3. The van der Waals surface area contributed by atoms with Crippen LogP contribution in [-0.2, 0) is 13.6 Å². The van der Waals surface area contributed by atoms with E-state index in [0.717, 1.165) is 12.2 Å². The fraction of sp³-hybridized carbons (Fsp3) is 0.786. The molecule has 0 unspecified atom stereocenters. The maximum Gasteiger partial charge on any atom is 0.131 e. The van der Waals surface area contributed by atoms with Gasteiger partial charge in [-0.3, -0.25) is 4.68 Å². The van der Waals surface area contributed by atoms with Crippen LogP contribution in [0.5, 0.6) is 0 Å². The van der Waals surface area contributed by atoms with Gasteiger partial charge in [-0.15, -0.1) is 0 Å². The van der Waals surface area contributed by atoms with Crippen molar-refractivity contribution in [2.75, 3.05) is 18.0 Å². The van der Waals surface area contributed by atoms with Crippen LogP contribution in [0.4, 0.5) is 5.82 Å². The first-order chi connectivity index (χ1) is 8.59. The fourth-order valence-electron chi connectivity index (χ4n) is 2.70. The molecule has 1 N–H and O–H groups in total. The quantitative estimate of drug-likeness (QED) is 0.889. The molecule has 1 saturated heterocycles. The largest absolute Gasteiger partial charge is 0.357 e. The second-order valence-electron chi connectivity index (χ2n) is 5.59. The van der Waals surface area contributed by atoms with Gasteiger partial charge in [0.25, 0.3) is 0 Å². The van der Waals surface area contributed by atoms with Crippen molar-refractivity contribution in [3.63, 3.8) is 0 Å². The van der Waals surface area contributed by atoms with Crippen LogP contribution in [0.1, 0.15) is 44.4 Å². The molecule has 0 radical (unpaired) electrons. The molecule has 1 aromatic heterocycles. The van der Waals surface area contributed by atoms with E-state index in [9.17, 15) is 0 Å². The Morgan fingerprint density at radius 1 is 1.22 bits per heavy atom. The third-order valence-electron chi connectivity index (χ3n) is 3.66. The summed E-state index contributed by atoms with van der Waals surface area (Å²) in [5.74, 6) is 1.32. The number of piperidine rings is 1. The minimum absolute atomic E-state index is 0.513. The average molecular weight is 250 g/mol. The molecule has 0 amide bonds. The summed E-state index contributed by atoms with van der Waals surface area (Å²) in [7, 11) is 2.07. The summed E-state index contributed by atoms with van der Waals surface area (Å²) in [6.45, 7) is 9.76. The topological polar surface area (TPSA) is 33.1 Å². The van der Waals surface area contributed by atoms with Crippen molar-refractivity contribution in [2.45, 2.75) is 52.6 Å². The Morgan fingerprint density at radius 3 is 2.50 bits per heavy atom. The number of aromatic nitrogens is 2. The van der Waals surface area contributed by atoms with E-state index in [4.69, 9.17) is 0 Å². The molecule has 0 bridgehead atoms. The number of rotatable bonds is 4. The van der Waals surface area contributed by atoms with Gasteiger partial charge < -0.3 is 10.2 Å². The van der Waals surface area contributed by atoms with Gasteiger partial charge in [0.1, 0.15) is 5.82 Å². The Hall–Kier alpha value is -1.03. The van der Waals surface area contributed by atoms with E-state index in [1.807, 2.05) is 0 Å². The van der Waals surface area contributed by atoms with Gasteiger partial charge in [-0.1, -0.05) is 13.8 Å². The van der Waals surface area contributed by atoms with Crippen LogP contribution in [0.15, 0.2) is 0 Å². The molecular weight excluding hydrogens is 224 g/mol. The Morgan fingerprint density at radius 2 is 1.89 bits per heavy atom. The van der Waals surface area contributed by atoms with Crippen LogP contribution in [-0.4, -0.2) is 28.9 Å². The Labute approximate surface area is 110 Å². The standard InChI is InChI=1S/C14H26N4/c1-11(2)15-10-13-12(3)16-17(4)14(13)18-8-6-5-7-9-18/h11,15H,5-10H2,1-4H3. The molecule has 1 aliphatic heterocycles. The zero-order valence-corrected chi connectivity index (χ0v) is 12.2. The van der Waals surface area contributed by atoms with Gasteiger partial charge in [0.05, 0.1) is 5.69 Å². The highest BCUT2D eigenvalue weighted by atomic mass is 15.4. The predicted octanol–water partition coefficient (Wildman–Crippen LogP) is 2.22. The van der Waals surface area contributed by atoms with Crippen molar-refractivity contribution in [3.8, 4) is 0 Å². The normalized spacial score (nSPS) is 16.6. The van der Waals surface area contributed by atoms with Crippen molar-refractivity contribution in [1.82, 2.24) is 15.1 Å². The molecule has 18 heavy (non-hydrogen) atoms. The molecule has 4 heteroatoms. The first-order valence-corrected chi connectivity index (χ1v) is 7.10. The lowest BCUT2D eigenvalue weighted by atomic mass is 10.1. The van der Waals surface area contributed by atoms with E-state index in [1.165, 1.54) is 43.7 Å². The van der Waals surface area contributed by atoms with Gasteiger partial charge in [0.2, 0.25) is 0 Å². The first kappa shape index (κ1) is 13.4. The van der Waals surface area contributed by atoms with E-state index in [0.29, 0.717) is 6.04 Å². The summed E-state index contributed by atoms with van der Waals surface area (Å²) in [6, 6.07) is 0.513. The van der Waals surface area contributed by atoms with Crippen molar-refractivity contribution >= 4 is 5.82 Å². The second-order valence-corrected chi connectivity index (χ2v) is 5.59. The van der Waals surface area contributed by atoms with Crippen molar-refractivity contribution < 1.29 is 0 Å². The van der Waals surface area contributed by atoms with E-state index >= 15 is 0 Å². The average Bonchev–Trinajstić information content (AvgIpc) is 2.62. The predicted molar refractivity (Wildman–Crippen MR) is 76.0 cm³/mol. The lowest BCUT2D eigenvalue weighted by Gasteiger charge is -2.29. The van der Waals surface area contributed by atoms with Crippen LogP contribution in [0.25, 0.3) is 0 Å². The summed E-state index contributed by atoms with van der Waals surface area (Å²) in [5, 5.41) is 8.11.